The van der Waals surface area contributed by atoms with Gasteiger partial charge in [-0.05, 0) is 0 Å². The molecule has 0 aliphatic carbocycles. The summed E-state index contributed by atoms with van der Waals surface area (Å²) < 4.78 is 10.2. The number of methoxy groups -OCH3 is 1. The number of nitrogens with zero attached hydrogens (tertiary/aromatic N) is 1. The number of hydrogen-bond acceptors (Lipinski definition) is 7. The molecule has 1 aromatic heterocycles. The van der Waals surface area contributed by atoms with Gasteiger partial charge in [0.05, 0.1) is 6.10 Å². The van der Waals surface area contributed by atoms with Gasteiger partial charge in [-0.1, -0.05) is 11.8 Å². The first kappa shape index (κ1) is 13.5. The zero-order valence-corrected chi connectivity index (χ0v) is 10.5. The number of hydrogen-bond donors (Lipinski definition) is 3. The number of ether oxygens (including phenoxy) is 2. The fourth-order valence-corrected chi connectivity index (χ4v) is 2.54. The monoisotopic (exact) mass is 274 g/mol. The maximum atomic E-state index is 11.1. The van der Waals surface area contributed by atoms with Crippen LogP contribution in [0.1, 0.15) is 0 Å². The van der Waals surface area contributed by atoms with Gasteiger partial charge in [0.2, 0.25) is 0 Å². The Morgan fingerprint density at radius 3 is 2.94 bits per heavy atom. The lowest BCUT2D eigenvalue weighted by Gasteiger charge is -2.12. The highest BCUT2D eigenvalue weighted by Gasteiger charge is 2.42. The molecule has 100 valence electrons. The van der Waals surface area contributed by atoms with Gasteiger partial charge in [-0.2, -0.15) is 0 Å². The van der Waals surface area contributed by atoms with E-state index in [2.05, 4.69) is 9.97 Å². The molecular formula is C10H14N2O5S. The molecule has 0 spiro atoms. The summed E-state index contributed by atoms with van der Waals surface area (Å²) in [5.41, 5.74) is -0.241. The minimum absolute atomic E-state index is 0.241. The van der Waals surface area contributed by atoms with Crippen LogP contribution in [0.2, 0.25) is 0 Å². The highest BCUT2D eigenvalue weighted by atomic mass is 32.2. The SMILES string of the molecule is CO[C@@H]1O[C@H](CSc2nccc(=O)[nH]2)[C@@H](O)[C@H]1O. The number of thioether (sulfide) groups is 1. The van der Waals surface area contributed by atoms with E-state index in [1.165, 1.54) is 31.1 Å². The largest absolute Gasteiger partial charge is 0.387 e. The van der Waals surface area contributed by atoms with Crippen molar-refractivity contribution in [2.24, 2.45) is 0 Å². The second-order valence-corrected chi connectivity index (χ2v) is 4.82. The molecule has 1 aromatic rings. The van der Waals surface area contributed by atoms with E-state index in [1.54, 1.807) is 0 Å². The van der Waals surface area contributed by atoms with Crippen molar-refractivity contribution in [2.45, 2.75) is 29.8 Å². The topological polar surface area (TPSA) is 105 Å². The number of rotatable bonds is 4. The quantitative estimate of drug-likeness (QED) is 0.475. The highest BCUT2D eigenvalue weighted by molar-refractivity contribution is 7.99. The molecule has 7 nitrogen and oxygen atoms in total. The van der Waals surface area contributed by atoms with Crippen LogP contribution in [-0.2, 0) is 9.47 Å². The van der Waals surface area contributed by atoms with Crippen LogP contribution in [0.5, 0.6) is 0 Å². The third-order valence-corrected chi connectivity index (χ3v) is 3.56. The van der Waals surface area contributed by atoms with Crippen LogP contribution in [0, 0.1) is 0 Å². The summed E-state index contributed by atoms with van der Waals surface area (Å²) >= 11 is 1.23. The molecule has 3 N–H and O–H groups in total. The average molecular weight is 274 g/mol. The Kier molecular flexibility index (Phi) is 4.36. The summed E-state index contributed by atoms with van der Waals surface area (Å²) in [6, 6.07) is 1.32. The Morgan fingerprint density at radius 2 is 2.33 bits per heavy atom. The van der Waals surface area contributed by atoms with E-state index < -0.39 is 24.6 Å². The minimum atomic E-state index is -1.07. The lowest BCUT2D eigenvalue weighted by Crippen LogP contribution is -2.33. The molecule has 4 atom stereocenters. The van der Waals surface area contributed by atoms with Gasteiger partial charge in [0, 0.05) is 25.1 Å². The molecule has 8 heteroatoms. The second kappa shape index (κ2) is 5.81. The summed E-state index contributed by atoms with van der Waals surface area (Å²) in [4.78, 5) is 17.6. The van der Waals surface area contributed by atoms with E-state index in [0.717, 1.165) is 0 Å². The second-order valence-electron chi connectivity index (χ2n) is 3.81. The van der Waals surface area contributed by atoms with Crippen LogP contribution in [-0.4, -0.2) is 57.6 Å². The van der Waals surface area contributed by atoms with E-state index in [-0.39, 0.29) is 5.56 Å². The zero-order chi connectivity index (χ0) is 13.1. The van der Waals surface area contributed by atoms with Gasteiger partial charge in [-0.3, -0.25) is 4.79 Å². The van der Waals surface area contributed by atoms with E-state index in [4.69, 9.17) is 9.47 Å². The maximum absolute atomic E-state index is 11.1. The van der Waals surface area contributed by atoms with Crippen molar-refractivity contribution in [1.29, 1.82) is 0 Å². The zero-order valence-electron chi connectivity index (χ0n) is 9.65. The molecule has 18 heavy (non-hydrogen) atoms. The number of H-pyrrole nitrogens is 1. The van der Waals surface area contributed by atoms with Crippen LogP contribution in [0.4, 0.5) is 0 Å². The van der Waals surface area contributed by atoms with E-state index >= 15 is 0 Å². The summed E-state index contributed by atoms with van der Waals surface area (Å²) in [5.74, 6) is 0.352. The first-order valence-corrected chi connectivity index (χ1v) is 6.33. The molecule has 1 saturated heterocycles. The molecule has 0 unspecified atom stereocenters. The van der Waals surface area contributed by atoms with Crippen molar-refractivity contribution in [1.82, 2.24) is 9.97 Å². The Hall–Kier alpha value is -0.930. The molecular weight excluding hydrogens is 260 g/mol. The summed E-state index contributed by atoms with van der Waals surface area (Å²) in [5, 5.41) is 19.8. The van der Waals surface area contributed by atoms with Gasteiger partial charge in [-0.15, -0.1) is 0 Å². The van der Waals surface area contributed by atoms with E-state index in [0.29, 0.717) is 10.9 Å². The van der Waals surface area contributed by atoms with Gasteiger partial charge >= 0.3 is 0 Å². The molecule has 0 amide bonds. The molecule has 1 fully saturated rings. The third-order valence-electron chi connectivity index (χ3n) is 2.58. The molecule has 1 aliphatic heterocycles. The van der Waals surface area contributed by atoms with Crippen LogP contribution in [0.3, 0.4) is 0 Å². The normalized spacial score (nSPS) is 31.7. The molecule has 2 rings (SSSR count). The van der Waals surface area contributed by atoms with Crippen molar-refractivity contribution in [3.05, 3.63) is 22.6 Å². The van der Waals surface area contributed by atoms with Gasteiger partial charge < -0.3 is 24.7 Å². The molecule has 2 heterocycles. The molecule has 0 aromatic carbocycles. The van der Waals surface area contributed by atoms with Crippen LogP contribution < -0.4 is 5.56 Å². The number of aliphatic hydroxyl groups is 2. The Balaban J connectivity index is 1.93. The highest BCUT2D eigenvalue weighted by Crippen LogP contribution is 2.26. The standard InChI is InChI=1S/C10H14N2O5S/c1-16-9-8(15)7(14)5(17-9)4-18-10-11-3-2-6(13)12-10/h2-3,5,7-9,14-15H,4H2,1H3,(H,11,12,13)/t5-,7-,8-,9-/m1/s1. The summed E-state index contributed by atoms with van der Waals surface area (Å²) in [7, 11) is 1.40. The number of aromatic nitrogens is 2. The van der Waals surface area contributed by atoms with E-state index in [1.807, 2.05) is 0 Å². The first-order chi connectivity index (χ1) is 8.61. The first-order valence-electron chi connectivity index (χ1n) is 5.34. The fourth-order valence-electron chi connectivity index (χ4n) is 1.63. The van der Waals surface area contributed by atoms with Gasteiger partial charge in [0.15, 0.2) is 11.4 Å². The predicted octanol–water partition coefficient (Wildman–Crippen LogP) is -1.04. The Labute approximate surface area is 107 Å². The number of aromatic amines is 1. The molecule has 0 saturated carbocycles. The minimum Gasteiger partial charge on any atom is -0.387 e. The van der Waals surface area contributed by atoms with Gasteiger partial charge in [0.25, 0.3) is 5.56 Å². The van der Waals surface area contributed by atoms with Crippen molar-refractivity contribution in [2.75, 3.05) is 12.9 Å². The van der Waals surface area contributed by atoms with Crippen LogP contribution in [0.25, 0.3) is 0 Å². The molecule has 0 radical (unpaired) electrons. The average Bonchev–Trinajstić information content (AvgIpc) is 2.64. The lowest BCUT2D eigenvalue weighted by atomic mass is 10.2. The number of nitrogens with one attached hydrogen (secondary N) is 1. The third kappa shape index (κ3) is 2.90. The molecule has 0 bridgehead atoms. The Morgan fingerprint density at radius 1 is 1.56 bits per heavy atom. The smallest absolute Gasteiger partial charge is 0.251 e. The fraction of sp³-hybridized carbons (Fsp3) is 0.600. The summed E-state index contributed by atoms with van der Waals surface area (Å²) in [6.07, 6.45) is -2.07. The van der Waals surface area contributed by atoms with Crippen molar-refractivity contribution in [3.63, 3.8) is 0 Å². The number of aliphatic hydroxyl groups excluding tert-OH is 2. The van der Waals surface area contributed by atoms with Crippen molar-refractivity contribution >= 4 is 11.8 Å². The van der Waals surface area contributed by atoms with E-state index in [9.17, 15) is 15.0 Å². The van der Waals surface area contributed by atoms with Crippen LogP contribution >= 0.6 is 11.8 Å². The van der Waals surface area contributed by atoms with Crippen molar-refractivity contribution in [3.8, 4) is 0 Å². The van der Waals surface area contributed by atoms with Crippen molar-refractivity contribution < 1.29 is 19.7 Å². The lowest BCUT2D eigenvalue weighted by molar-refractivity contribution is -0.145. The maximum Gasteiger partial charge on any atom is 0.251 e. The van der Waals surface area contributed by atoms with Gasteiger partial charge in [-0.25, -0.2) is 4.98 Å². The Bertz CT molecular complexity index is 454. The molecule has 1 aliphatic rings. The van der Waals surface area contributed by atoms with Gasteiger partial charge in [0.1, 0.15) is 12.2 Å². The van der Waals surface area contributed by atoms with Crippen LogP contribution in [0.15, 0.2) is 22.2 Å². The predicted molar refractivity (Wildman–Crippen MR) is 63.3 cm³/mol. The summed E-state index contributed by atoms with van der Waals surface area (Å²) in [6.45, 7) is 0.